The van der Waals surface area contributed by atoms with Gasteiger partial charge in [-0.25, -0.2) is 4.98 Å². The molecule has 1 aliphatic rings. The van der Waals surface area contributed by atoms with Crippen LogP contribution in [-0.4, -0.2) is 23.8 Å². The Balaban J connectivity index is 1.82. The lowest BCUT2D eigenvalue weighted by molar-refractivity contribution is 0.394. The van der Waals surface area contributed by atoms with E-state index in [1.54, 1.807) is 14.2 Å². The average molecular weight is 357 g/mol. The molecule has 1 atom stereocenters. The minimum absolute atomic E-state index is 0.160. The van der Waals surface area contributed by atoms with E-state index in [0.717, 1.165) is 45.2 Å². The van der Waals surface area contributed by atoms with E-state index < -0.39 is 0 Å². The monoisotopic (exact) mass is 357 g/mol. The lowest BCUT2D eigenvalue weighted by Gasteiger charge is -2.31. The van der Waals surface area contributed by atoms with Gasteiger partial charge in [0.25, 0.3) is 0 Å². The van der Waals surface area contributed by atoms with Gasteiger partial charge in [-0.05, 0) is 42.5 Å². The summed E-state index contributed by atoms with van der Waals surface area (Å²) >= 11 is 0. The number of benzene rings is 3. The Bertz CT molecular complexity index is 1150. The standard InChI is InChI=1S/C22H19N3O2/c1-26-14-11-12-20(27-2)16(13-14)22-23-17-8-4-3-7-15(17)21-24-18-9-5-6-10-19(18)25(21)22/h3-13,22-23H,1-2H3. The molecule has 0 aliphatic carbocycles. The largest absolute Gasteiger partial charge is 0.497 e. The van der Waals surface area contributed by atoms with E-state index in [1.165, 1.54) is 0 Å². The van der Waals surface area contributed by atoms with E-state index in [0.29, 0.717) is 0 Å². The summed E-state index contributed by atoms with van der Waals surface area (Å²) in [5.74, 6) is 2.54. The van der Waals surface area contributed by atoms with E-state index in [1.807, 2.05) is 48.5 Å². The molecule has 0 bridgehead atoms. The molecule has 0 fully saturated rings. The van der Waals surface area contributed by atoms with Crippen LogP contribution < -0.4 is 14.8 Å². The first-order valence-corrected chi connectivity index (χ1v) is 8.85. The first-order chi connectivity index (χ1) is 13.3. The second-order valence-electron chi connectivity index (χ2n) is 6.49. The highest BCUT2D eigenvalue weighted by molar-refractivity contribution is 5.87. The summed E-state index contributed by atoms with van der Waals surface area (Å²) in [6.45, 7) is 0. The van der Waals surface area contributed by atoms with E-state index in [4.69, 9.17) is 14.5 Å². The SMILES string of the molecule is COc1ccc(OC)c(C2Nc3ccccc3-c3nc4ccccc4n32)c1. The van der Waals surface area contributed by atoms with Gasteiger partial charge in [-0.15, -0.1) is 0 Å². The number of methoxy groups -OCH3 is 2. The fourth-order valence-corrected chi connectivity index (χ4v) is 3.78. The normalized spacial score (nSPS) is 15.0. The van der Waals surface area contributed by atoms with Crippen molar-refractivity contribution in [3.63, 3.8) is 0 Å². The maximum absolute atomic E-state index is 5.66. The van der Waals surface area contributed by atoms with Crippen molar-refractivity contribution in [2.75, 3.05) is 19.5 Å². The maximum Gasteiger partial charge on any atom is 0.145 e. The van der Waals surface area contributed by atoms with Crippen LogP contribution >= 0.6 is 0 Å². The van der Waals surface area contributed by atoms with Crippen LogP contribution in [0.2, 0.25) is 0 Å². The lowest BCUT2D eigenvalue weighted by Crippen LogP contribution is -2.25. The second kappa shape index (κ2) is 6.06. The zero-order valence-corrected chi connectivity index (χ0v) is 15.1. The molecule has 1 unspecified atom stereocenters. The molecule has 134 valence electrons. The minimum Gasteiger partial charge on any atom is -0.497 e. The van der Waals surface area contributed by atoms with Crippen molar-refractivity contribution in [2.45, 2.75) is 6.17 Å². The van der Waals surface area contributed by atoms with Crippen LogP contribution in [0.15, 0.2) is 66.7 Å². The fraction of sp³-hybridized carbons (Fsp3) is 0.136. The highest BCUT2D eigenvalue weighted by Gasteiger charge is 2.30. The van der Waals surface area contributed by atoms with Crippen molar-refractivity contribution in [3.05, 3.63) is 72.3 Å². The van der Waals surface area contributed by atoms with E-state index in [-0.39, 0.29) is 6.17 Å². The Morgan fingerprint density at radius 1 is 0.926 bits per heavy atom. The van der Waals surface area contributed by atoms with Gasteiger partial charge in [-0.2, -0.15) is 0 Å². The molecule has 1 aliphatic heterocycles. The second-order valence-corrected chi connectivity index (χ2v) is 6.49. The van der Waals surface area contributed by atoms with Crippen LogP contribution in [0.5, 0.6) is 11.5 Å². The number of nitrogens with zero attached hydrogens (tertiary/aromatic N) is 2. The number of rotatable bonds is 3. The number of nitrogens with one attached hydrogen (secondary N) is 1. The summed E-state index contributed by atoms with van der Waals surface area (Å²) in [4.78, 5) is 4.92. The number of anilines is 1. The molecule has 0 amide bonds. The van der Waals surface area contributed by atoms with Gasteiger partial charge in [0, 0.05) is 16.8 Å². The van der Waals surface area contributed by atoms with Crippen LogP contribution in [0.3, 0.4) is 0 Å². The number of fused-ring (bicyclic) bond motifs is 5. The molecule has 0 spiro atoms. The Morgan fingerprint density at radius 3 is 2.59 bits per heavy atom. The number of imidazole rings is 1. The summed E-state index contributed by atoms with van der Waals surface area (Å²) in [6, 6.07) is 22.3. The van der Waals surface area contributed by atoms with Crippen molar-refractivity contribution in [1.82, 2.24) is 9.55 Å². The zero-order chi connectivity index (χ0) is 18.4. The van der Waals surface area contributed by atoms with Gasteiger partial charge >= 0.3 is 0 Å². The predicted octanol–water partition coefficient (Wildman–Crippen LogP) is 4.69. The Hall–Kier alpha value is -3.47. The first-order valence-electron chi connectivity index (χ1n) is 8.85. The lowest BCUT2D eigenvalue weighted by atomic mass is 10.0. The molecule has 4 aromatic rings. The molecule has 0 saturated carbocycles. The Labute approximate surface area is 157 Å². The van der Waals surface area contributed by atoms with Gasteiger partial charge in [0.2, 0.25) is 0 Å². The summed E-state index contributed by atoms with van der Waals surface area (Å²) in [5.41, 5.74) is 5.18. The molecule has 1 aromatic heterocycles. The number of hydrogen-bond donors (Lipinski definition) is 1. The van der Waals surface area contributed by atoms with E-state index >= 15 is 0 Å². The number of para-hydroxylation sites is 3. The number of hydrogen-bond acceptors (Lipinski definition) is 4. The van der Waals surface area contributed by atoms with Gasteiger partial charge in [-0.1, -0.05) is 24.3 Å². The number of ether oxygens (including phenoxy) is 2. The third-order valence-electron chi connectivity index (χ3n) is 5.05. The molecule has 0 saturated heterocycles. The van der Waals surface area contributed by atoms with Crippen molar-refractivity contribution in [3.8, 4) is 22.9 Å². The third kappa shape index (κ3) is 2.35. The summed E-state index contributed by atoms with van der Waals surface area (Å²) in [7, 11) is 3.36. The van der Waals surface area contributed by atoms with Gasteiger partial charge in [0.15, 0.2) is 0 Å². The molecular weight excluding hydrogens is 338 g/mol. The Kier molecular flexibility index (Phi) is 3.53. The summed E-state index contributed by atoms with van der Waals surface area (Å²) in [6.07, 6.45) is -0.160. The number of aromatic nitrogens is 2. The van der Waals surface area contributed by atoms with Crippen LogP contribution in [0.25, 0.3) is 22.4 Å². The highest BCUT2D eigenvalue weighted by Crippen LogP contribution is 2.43. The Morgan fingerprint density at radius 2 is 1.74 bits per heavy atom. The maximum atomic E-state index is 5.66. The molecule has 1 N–H and O–H groups in total. The minimum atomic E-state index is -0.160. The smallest absolute Gasteiger partial charge is 0.145 e. The molecule has 5 heteroatoms. The van der Waals surface area contributed by atoms with Gasteiger partial charge in [0.1, 0.15) is 23.5 Å². The van der Waals surface area contributed by atoms with Gasteiger partial charge in [-0.3, -0.25) is 4.57 Å². The topological polar surface area (TPSA) is 48.3 Å². The first kappa shape index (κ1) is 15.8. The molecule has 0 radical (unpaired) electrons. The quantitative estimate of drug-likeness (QED) is 0.578. The molecule has 5 nitrogen and oxygen atoms in total. The molecule has 3 aromatic carbocycles. The van der Waals surface area contributed by atoms with Crippen LogP contribution in [-0.2, 0) is 0 Å². The molecular formula is C22H19N3O2. The van der Waals surface area contributed by atoms with Crippen molar-refractivity contribution < 1.29 is 9.47 Å². The molecule has 2 heterocycles. The third-order valence-corrected chi connectivity index (χ3v) is 5.05. The fourth-order valence-electron chi connectivity index (χ4n) is 3.78. The summed E-state index contributed by atoms with van der Waals surface area (Å²) < 4.78 is 13.4. The van der Waals surface area contributed by atoms with Crippen molar-refractivity contribution in [2.24, 2.45) is 0 Å². The average Bonchev–Trinajstić information content (AvgIpc) is 3.12. The van der Waals surface area contributed by atoms with Gasteiger partial charge < -0.3 is 14.8 Å². The molecule has 27 heavy (non-hydrogen) atoms. The van der Waals surface area contributed by atoms with Gasteiger partial charge in [0.05, 0.1) is 25.3 Å². The van der Waals surface area contributed by atoms with E-state index in [2.05, 4.69) is 28.1 Å². The highest BCUT2D eigenvalue weighted by atomic mass is 16.5. The summed E-state index contributed by atoms with van der Waals surface area (Å²) in [5, 5.41) is 3.66. The zero-order valence-electron chi connectivity index (χ0n) is 15.1. The van der Waals surface area contributed by atoms with Crippen LogP contribution in [0.1, 0.15) is 11.7 Å². The van der Waals surface area contributed by atoms with Crippen LogP contribution in [0.4, 0.5) is 5.69 Å². The van der Waals surface area contributed by atoms with E-state index in [9.17, 15) is 0 Å². The molecule has 5 rings (SSSR count). The predicted molar refractivity (Wildman–Crippen MR) is 106 cm³/mol. The van der Waals surface area contributed by atoms with Crippen LogP contribution in [0, 0.1) is 0 Å². The van der Waals surface area contributed by atoms with Crippen molar-refractivity contribution in [1.29, 1.82) is 0 Å². The van der Waals surface area contributed by atoms with Crippen molar-refractivity contribution >= 4 is 16.7 Å².